The van der Waals surface area contributed by atoms with Crippen LogP contribution in [0.3, 0.4) is 0 Å². The molecule has 0 aliphatic carbocycles. The molecule has 0 radical (unpaired) electrons. The van der Waals surface area contributed by atoms with Gasteiger partial charge in [0, 0.05) is 29.3 Å². The van der Waals surface area contributed by atoms with Crippen molar-refractivity contribution in [2.75, 3.05) is 0 Å². The Morgan fingerprint density at radius 1 is 1.44 bits per heavy atom. The maximum Gasteiger partial charge on any atom is 0.169 e. The fourth-order valence-electron chi connectivity index (χ4n) is 1.30. The van der Waals surface area contributed by atoms with Crippen LogP contribution >= 0.6 is 38.9 Å². The van der Waals surface area contributed by atoms with Crippen molar-refractivity contribution in [2.24, 2.45) is 0 Å². The first kappa shape index (κ1) is 11.8. The fourth-order valence-corrected chi connectivity index (χ4v) is 3.01. The Balaban J connectivity index is 2.18. The Hall–Kier alpha value is -0.710. The highest BCUT2D eigenvalue weighted by atomic mass is 79.9. The van der Waals surface area contributed by atoms with Crippen LogP contribution in [0.25, 0.3) is 0 Å². The van der Waals surface area contributed by atoms with Crippen molar-refractivity contribution in [3.8, 4) is 0 Å². The number of carbonyl (C=O) groups excluding carboxylic acids is 1. The molecule has 2 nitrogen and oxygen atoms in total. The maximum absolute atomic E-state index is 11.9. The summed E-state index contributed by atoms with van der Waals surface area (Å²) in [6.45, 7) is 0. The predicted molar refractivity (Wildman–Crippen MR) is 69.3 cm³/mol. The zero-order chi connectivity index (χ0) is 11.5. The molecule has 2 rings (SSSR count). The van der Waals surface area contributed by atoms with Gasteiger partial charge in [-0.15, -0.1) is 11.3 Å². The first-order valence-electron chi connectivity index (χ1n) is 4.54. The smallest absolute Gasteiger partial charge is 0.169 e. The van der Waals surface area contributed by atoms with Crippen LogP contribution in [0, 0.1) is 0 Å². The van der Waals surface area contributed by atoms with Gasteiger partial charge in [0.05, 0.1) is 8.81 Å². The Morgan fingerprint density at radius 2 is 2.25 bits per heavy atom. The van der Waals surface area contributed by atoms with Crippen LogP contribution in [0.4, 0.5) is 0 Å². The minimum absolute atomic E-state index is 0.0155. The van der Waals surface area contributed by atoms with Gasteiger partial charge < -0.3 is 0 Å². The molecule has 2 heterocycles. The number of pyridine rings is 1. The molecular formula is C11H7BrClNOS. The number of halogens is 2. The van der Waals surface area contributed by atoms with Gasteiger partial charge in [-0.3, -0.25) is 9.78 Å². The van der Waals surface area contributed by atoms with Crippen molar-refractivity contribution in [1.29, 1.82) is 0 Å². The molecule has 0 bridgehead atoms. The number of Topliss-reactive ketones (excluding diaryl/α,β-unsaturated/α-hetero) is 1. The van der Waals surface area contributed by atoms with Crippen LogP contribution in [-0.4, -0.2) is 10.8 Å². The molecule has 0 N–H and O–H groups in total. The minimum Gasteiger partial charge on any atom is -0.294 e. The van der Waals surface area contributed by atoms with Crippen LogP contribution in [0.2, 0.25) is 5.02 Å². The zero-order valence-electron chi connectivity index (χ0n) is 8.11. The Bertz CT molecular complexity index is 526. The number of thiophene rings is 1. The van der Waals surface area contributed by atoms with Gasteiger partial charge in [-0.25, -0.2) is 0 Å². The molecule has 0 aliphatic heterocycles. The normalized spacial score (nSPS) is 10.4. The SMILES string of the molecule is O=C(Cc1ccc(Br)s1)c1ccncc1Cl. The van der Waals surface area contributed by atoms with E-state index < -0.39 is 0 Å². The summed E-state index contributed by atoms with van der Waals surface area (Å²) in [4.78, 5) is 16.8. The lowest BCUT2D eigenvalue weighted by molar-refractivity contribution is 0.0994. The summed E-state index contributed by atoms with van der Waals surface area (Å²) in [6.07, 6.45) is 3.43. The number of ketones is 1. The monoisotopic (exact) mass is 315 g/mol. The summed E-state index contributed by atoms with van der Waals surface area (Å²) < 4.78 is 1.02. The van der Waals surface area contributed by atoms with E-state index >= 15 is 0 Å². The Morgan fingerprint density at radius 3 is 2.88 bits per heavy atom. The Kier molecular flexibility index (Phi) is 3.74. The number of hydrogen-bond acceptors (Lipinski definition) is 3. The van der Waals surface area contributed by atoms with Crippen molar-refractivity contribution in [2.45, 2.75) is 6.42 Å². The summed E-state index contributed by atoms with van der Waals surface area (Å²) in [7, 11) is 0. The summed E-state index contributed by atoms with van der Waals surface area (Å²) in [5.74, 6) is 0.0155. The van der Waals surface area contributed by atoms with Crippen LogP contribution < -0.4 is 0 Å². The van der Waals surface area contributed by atoms with Gasteiger partial charge in [-0.2, -0.15) is 0 Å². The summed E-state index contributed by atoms with van der Waals surface area (Å²) in [5.41, 5.74) is 0.529. The number of nitrogens with zero attached hydrogens (tertiary/aromatic N) is 1. The van der Waals surface area contributed by atoms with Gasteiger partial charge in [0.2, 0.25) is 0 Å². The molecule has 0 saturated carbocycles. The molecule has 0 atom stereocenters. The highest BCUT2D eigenvalue weighted by Crippen LogP contribution is 2.24. The van der Waals surface area contributed by atoms with Crippen LogP contribution in [0.15, 0.2) is 34.4 Å². The third-order valence-electron chi connectivity index (χ3n) is 2.04. The molecule has 0 aromatic carbocycles. The van der Waals surface area contributed by atoms with Gasteiger partial charge in [0.25, 0.3) is 0 Å². The topological polar surface area (TPSA) is 30.0 Å². The lowest BCUT2D eigenvalue weighted by atomic mass is 10.1. The van der Waals surface area contributed by atoms with Gasteiger partial charge in [-0.05, 0) is 34.1 Å². The van der Waals surface area contributed by atoms with Crippen LogP contribution in [0.1, 0.15) is 15.2 Å². The molecule has 82 valence electrons. The molecule has 0 fully saturated rings. The zero-order valence-corrected chi connectivity index (χ0v) is 11.3. The van der Waals surface area contributed by atoms with E-state index in [1.54, 1.807) is 23.6 Å². The Labute approximate surface area is 110 Å². The van der Waals surface area contributed by atoms with Crippen molar-refractivity contribution in [1.82, 2.24) is 4.98 Å². The van der Waals surface area contributed by atoms with Crippen molar-refractivity contribution < 1.29 is 4.79 Å². The van der Waals surface area contributed by atoms with E-state index in [0.717, 1.165) is 8.66 Å². The second kappa shape index (κ2) is 5.08. The average molecular weight is 317 g/mol. The van der Waals surface area contributed by atoms with E-state index in [9.17, 15) is 4.79 Å². The van der Waals surface area contributed by atoms with Gasteiger partial charge >= 0.3 is 0 Å². The van der Waals surface area contributed by atoms with Gasteiger partial charge in [0.1, 0.15) is 0 Å². The number of hydrogen-bond donors (Lipinski definition) is 0. The van der Waals surface area contributed by atoms with Crippen LogP contribution in [-0.2, 0) is 6.42 Å². The second-order valence-corrected chi connectivity index (χ2v) is 6.12. The maximum atomic E-state index is 11.9. The lowest BCUT2D eigenvalue weighted by Crippen LogP contribution is -2.03. The van der Waals surface area contributed by atoms with E-state index in [0.29, 0.717) is 17.0 Å². The quantitative estimate of drug-likeness (QED) is 0.802. The third kappa shape index (κ3) is 2.70. The lowest BCUT2D eigenvalue weighted by Gasteiger charge is -2.00. The highest BCUT2D eigenvalue weighted by molar-refractivity contribution is 9.11. The third-order valence-corrected chi connectivity index (χ3v) is 3.96. The number of aromatic nitrogens is 1. The van der Waals surface area contributed by atoms with Gasteiger partial charge in [-0.1, -0.05) is 11.6 Å². The molecule has 5 heteroatoms. The molecule has 0 saturated heterocycles. The van der Waals surface area contributed by atoms with E-state index in [4.69, 9.17) is 11.6 Å². The second-order valence-electron chi connectivity index (χ2n) is 3.16. The first-order chi connectivity index (χ1) is 7.66. The van der Waals surface area contributed by atoms with E-state index in [1.165, 1.54) is 6.20 Å². The summed E-state index contributed by atoms with van der Waals surface area (Å²) >= 11 is 10.8. The molecule has 16 heavy (non-hydrogen) atoms. The molecule has 2 aromatic rings. The van der Waals surface area contributed by atoms with Gasteiger partial charge in [0.15, 0.2) is 5.78 Å². The summed E-state index contributed by atoms with van der Waals surface area (Å²) in [6, 6.07) is 5.51. The van der Waals surface area contributed by atoms with Crippen molar-refractivity contribution >= 4 is 44.7 Å². The fraction of sp³-hybridized carbons (Fsp3) is 0.0909. The number of carbonyl (C=O) groups is 1. The van der Waals surface area contributed by atoms with Crippen molar-refractivity contribution in [3.05, 3.63) is 49.8 Å². The van der Waals surface area contributed by atoms with Crippen LogP contribution in [0.5, 0.6) is 0 Å². The standard InChI is InChI=1S/C11H7BrClNOS/c12-11-2-1-7(16-11)5-10(15)8-3-4-14-6-9(8)13/h1-4,6H,5H2. The average Bonchev–Trinajstić information content (AvgIpc) is 2.64. The molecule has 0 unspecified atom stereocenters. The largest absolute Gasteiger partial charge is 0.294 e. The van der Waals surface area contributed by atoms with E-state index in [2.05, 4.69) is 20.9 Å². The molecule has 2 aromatic heterocycles. The van der Waals surface area contributed by atoms with E-state index in [1.807, 2.05) is 12.1 Å². The molecule has 0 spiro atoms. The van der Waals surface area contributed by atoms with E-state index in [-0.39, 0.29) is 5.78 Å². The molecular weight excluding hydrogens is 310 g/mol. The highest BCUT2D eigenvalue weighted by Gasteiger charge is 2.11. The predicted octanol–water partition coefficient (Wildman–Crippen LogP) is 3.98. The number of rotatable bonds is 3. The first-order valence-corrected chi connectivity index (χ1v) is 6.52. The summed E-state index contributed by atoms with van der Waals surface area (Å²) in [5, 5.41) is 0.406. The molecule has 0 aliphatic rings. The molecule has 0 amide bonds. The minimum atomic E-state index is 0.0155. The van der Waals surface area contributed by atoms with Crippen molar-refractivity contribution in [3.63, 3.8) is 0 Å².